The predicted octanol–water partition coefficient (Wildman–Crippen LogP) is 5.04. The fourth-order valence-corrected chi connectivity index (χ4v) is 6.42. The first kappa shape index (κ1) is 16.6. The maximum atomic E-state index is 6.06. The van der Waals surface area contributed by atoms with Crippen molar-refractivity contribution in [2.45, 2.75) is 15.5 Å². The maximum Gasteiger partial charge on any atom is 0.191 e. The molecule has 0 N–H and O–H groups in total. The molecule has 0 radical (unpaired) electrons. The van der Waals surface area contributed by atoms with Gasteiger partial charge in [-0.1, -0.05) is 35.1 Å². The molecule has 0 aliphatic carbocycles. The smallest absolute Gasteiger partial charge is 0.191 e. The Morgan fingerprint density at radius 3 is 3.12 bits per heavy atom. The monoisotopic (exact) mass is 417 g/mol. The van der Waals surface area contributed by atoms with Crippen LogP contribution in [0.3, 0.4) is 0 Å². The van der Waals surface area contributed by atoms with Crippen LogP contribution in [0.2, 0.25) is 5.02 Å². The molecule has 0 amide bonds. The normalized spacial score (nSPS) is 16.3. The van der Waals surface area contributed by atoms with Crippen molar-refractivity contribution in [1.29, 1.82) is 0 Å². The van der Waals surface area contributed by atoms with Crippen molar-refractivity contribution in [3.8, 4) is 11.4 Å². The minimum Gasteiger partial charge on any atom is -0.297 e. The summed E-state index contributed by atoms with van der Waals surface area (Å²) >= 11 is 11.3. The van der Waals surface area contributed by atoms with Crippen LogP contribution in [0.1, 0.15) is 6.04 Å². The molecule has 1 aliphatic heterocycles. The van der Waals surface area contributed by atoms with E-state index in [2.05, 4.69) is 19.7 Å². The first-order valence-corrected chi connectivity index (χ1v) is 11.1. The maximum absolute atomic E-state index is 6.06. The Morgan fingerprint density at radius 1 is 1.27 bits per heavy atom. The summed E-state index contributed by atoms with van der Waals surface area (Å²) in [4.78, 5) is 8.90. The lowest BCUT2D eigenvalue weighted by Gasteiger charge is -2.13. The summed E-state index contributed by atoms with van der Waals surface area (Å²) in [6, 6.07) is 10.1. The van der Waals surface area contributed by atoms with E-state index in [1.165, 1.54) is 4.70 Å². The number of pyridine rings is 1. The van der Waals surface area contributed by atoms with E-state index >= 15 is 0 Å². The standard InChI is InChI=1S/C17H12ClN5S3/c18-11-3-4-14-13(6-11)20-17(26-14)25-9-12-8-24-16-22-21-15(23(12)16)10-2-1-5-19-7-10/h1-7,12H,8-9H2/t12-/m1/s1. The Balaban J connectivity index is 1.39. The summed E-state index contributed by atoms with van der Waals surface area (Å²) < 4.78 is 4.47. The lowest BCUT2D eigenvalue weighted by Crippen LogP contribution is -2.11. The number of hydrogen-bond donors (Lipinski definition) is 0. The first-order chi connectivity index (χ1) is 12.8. The third-order valence-electron chi connectivity index (χ3n) is 4.08. The molecule has 4 aromatic rings. The largest absolute Gasteiger partial charge is 0.297 e. The fraction of sp³-hybridized carbons (Fsp3) is 0.176. The van der Waals surface area contributed by atoms with Crippen molar-refractivity contribution in [1.82, 2.24) is 24.7 Å². The van der Waals surface area contributed by atoms with Gasteiger partial charge in [0.15, 0.2) is 15.3 Å². The van der Waals surface area contributed by atoms with Gasteiger partial charge >= 0.3 is 0 Å². The van der Waals surface area contributed by atoms with Gasteiger partial charge in [-0.3, -0.25) is 9.55 Å². The van der Waals surface area contributed by atoms with E-state index in [1.807, 2.05) is 36.5 Å². The van der Waals surface area contributed by atoms with Gasteiger partial charge in [0.1, 0.15) is 0 Å². The van der Waals surface area contributed by atoms with Gasteiger partial charge in [-0.25, -0.2) is 4.98 Å². The molecular formula is C17H12ClN5S3. The minimum absolute atomic E-state index is 0.334. The number of rotatable bonds is 4. The quantitative estimate of drug-likeness (QED) is 0.433. The zero-order valence-electron chi connectivity index (χ0n) is 13.4. The van der Waals surface area contributed by atoms with Gasteiger partial charge in [-0.2, -0.15) is 0 Å². The van der Waals surface area contributed by atoms with Gasteiger partial charge in [0.05, 0.1) is 16.3 Å². The molecule has 5 rings (SSSR count). The summed E-state index contributed by atoms with van der Waals surface area (Å²) in [5.74, 6) is 2.82. The number of halogens is 1. The Morgan fingerprint density at radius 2 is 2.23 bits per heavy atom. The van der Waals surface area contributed by atoms with E-state index in [9.17, 15) is 0 Å². The molecule has 130 valence electrons. The van der Waals surface area contributed by atoms with E-state index in [4.69, 9.17) is 16.6 Å². The molecule has 3 aromatic heterocycles. The second-order valence-corrected chi connectivity index (χ2v) is 9.51. The number of thiazole rings is 1. The van der Waals surface area contributed by atoms with Crippen LogP contribution in [0.15, 0.2) is 52.2 Å². The van der Waals surface area contributed by atoms with Gasteiger partial charge in [-0.05, 0) is 30.3 Å². The topological polar surface area (TPSA) is 56.5 Å². The van der Waals surface area contributed by atoms with Gasteiger partial charge in [-0.15, -0.1) is 21.5 Å². The molecular weight excluding hydrogens is 406 g/mol. The summed E-state index contributed by atoms with van der Waals surface area (Å²) in [6.07, 6.45) is 3.61. The Kier molecular flexibility index (Phi) is 4.36. The van der Waals surface area contributed by atoms with Crippen LogP contribution >= 0.6 is 46.5 Å². The second kappa shape index (κ2) is 6.84. The van der Waals surface area contributed by atoms with E-state index < -0.39 is 0 Å². The third kappa shape index (κ3) is 3.00. The number of nitrogens with zero attached hydrogens (tertiary/aromatic N) is 5. The van der Waals surface area contributed by atoms with Crippen LogP contribution in [0, 0.1) is 0 Å². The number of hydrogen-bond acceptors (Lipinski definition) is 7. The van der Waals surface area contributed by atoms with Crippen LogP contribution in [0.25, 0.3) is 21.6 Å². The van der Waals surface area contributed by atoms with Gasteiger partial charge in [0.2, 0.25) is 0 Å². The molecule has 1 aromatic carbocycles. The molecule has 9 heteroatoms. The first-order valence-electron chi connectivity index (χ1n) is 7.95. The average Bonchev–Trinajstić information content (AvgIpc) is 3.35. The van der Waals surface area contributed by atoms with Crippen molar-refractivity contribution >= 4 is 56.7 Å². The fourth-order valence-electron chi connectivity index (χ4n) is 2.87. The highest BCUT2D eigenvalue weighted by Gasteiger charge is 2.28. The lowest BCUT2D eigenvalue weighted by molar-refractivity contribution is 0.597. The Bertz CT molecular complexity index is 1080. The van der Waals surface area contributed by atoms with Gasteiger partial charge in [0, 0.05) is 34.5 Å². The molecule has 0 bridgehead atoms. The molecule has 0 saturated carbocycles. The van der Waals surface area contributed by atoms with Crippen molar-refractivity contribution < 1.29 is 0 Å². The van der Waals surface area contributed by atoms with Gasteiger partial charge in [0.25, 0.3) is 0 Å². The molecule has 0 unspecified atom stereocenters. The van der Waals surface area contributed by atoms with Crippen LogP contribution < -0.4 is 0 Å². The molecule has 4 heterocycles. The average molecular weight is 418 g/mol. The number of fused-ring (bicyclic) bond motifs is 2. The highest BCUT2D eigenvalue weighted by molar-refractivity contribution is 8.01. The summed E-state index contributed by atoms with van der Waals surface area (Å²) in [5.41, 5.74) is 1.96. The predicted molar refractivity (Wildman–Crippen MR) is 108 cm³/mol. The Labute approximate surface area is 167 Å². The highest BCUT2D eigenvalue weighted by Crippen LogP contribution is 2.40. The van der Waals surface area contributed by atoms with Crippen molar-refractivity contribution in [3.63, 3.8) is 0 Å². The molecule has 0 saturated heterocycles. The summed E-state index contributed by atoms with van der Waals surface area (Å²) in [5, 5.41) is 10.4. The summed E-state index contributed by atoms with van der Waals surface area (Å²) in [7, 11) is 0. The van der Waals surface area contributed by atoms with E-state index in [1.54, 1.807) is 41.1 Å². The van der Waals surface area contributed by atoms with E-state index in [-0.39, 0.29) is 0 Å². The van der Waals surface area contributed by atoms with Crippen molar-refractivity contribution in [2.24, 2.45) is 0 Å². The SMILES string of the molecule is Clc1ccc2sc(SC[C@H]3CSc4nnc(-c5cccnc5)n43)nc2c1. The van der Waals surface area contributed by atoms with Crippen LogP contribution in [0.5, 0.6) is 0 Å². The van der Waals surface area contributed by atoms with E-state index in [0.29, 0.717) is 6.04 Å². The molecule has 0 fully saturated rings. The summed E-state index contributed by atoms with van der Waals surface area (Å²) in [6.45, 7) is 0. The lowest BCUT2D eigenvalue weighted by atomic mass is 10.2. The number of benzene rings is 1. The highest BCUT2D eigenvalue weighted by atomic mass is 35.5. The number of thioether (sulfide) groups is 2. The van der Waals surface area contributed by atoms with E-state index in [0.717, 1.165) is 42.9 Å². The molecule has 1 atom stereocenters. The second-order valence-electron chi connectivity index (χ2n) is 5.79. The van der Waals surface area contributed by atoms with Crippen molar-refractivity contribution in [3.05, 3.63) is 47.7 Å². The molecule has 1 aliphatic rings. The molecule has 0 spiro atoms. The van der Waals surface area contributed by atoms with Gasteiger partial charge < -0.3 is 0 Å². The van der Waals surface area contributed by atoms with Crippen LogP contribution in [-0.2, 0) is 0 Å². The minimum atomic E-state index is 0.334. The number of aromatic nitrogens is 5. The molecule has 26 heavy (non-hydrogen) atoms. The third-order valence-corrected chi connectivity index (χ3v) is 7.73. The van der Waals surface area contributed by atoms with Crippen LogP contribution in [-0.4, -0.2) is 36.2 Å². The zero-order valence-corrected chi connectivity index (χ0v) is 16.6. The molecule has 5 nitrogen and oxygen atoms in total. The van der Waals surface area contributed by atoms with Crippen molar-refractivity contribution in [2.75, 3.05) is 11.5 Å². The van der Waals surface area contributed by atoms with Crippen LogP contribution in [0.4, 0.5) is 0 Å². The zero-order chi connectivity index (χ0) is 17.5. The Hall–Kier alpha value is -1.61.